The summed E-state index contributed by atoms with van der Waals surface area (Å²) in [4.78, 5) is 0. The number of rotatable bonds is 3. The Bertz CT molecular complexity index is 425. The zero-order chi connectivity index (χ0) is 12.8. The lowest BCUT2D eigenvalue weighted by molar-refractivity contribution is 0.00754. The predicted molar refractivity (Wildman–Crippen MR) is 76.8 cm³/mol. The molecule has 5 rings (SSSR count). The average Bonchev–Trinajstić information content (AvgIpc) is 2.43. The van der Waals surface area contributed by atoms with Crippen LogP contribution in [-0.2, 0) is 6.61 Å². The number of benzene rings is 1. The second-order valence-electron chi connectivity index (χ2n) is 6.96. The van der Waals surface area contributed by atoms with Crippen molar-refractivity contribution in [2.24, 2.45) is 23.7 Å². The van der Waals surface area contributed by atoms with Gasteiger partial charge in [-0.05, 0) is 73.5 Å². The molecule has 0 atom stereocenters. The second-order valence-corrected chi connectivity index (χ2v) is 6.96. The van der Waals surface area contributed by atoms with Gasteiger partial charge in [0.05, 0.1) is 6.61 Å². The molecule has 0 amide bonds. The number of hydrogen-bond donors (Lipinski definition) is 2. The Labute approximate surface area is 115 Å². The summed E-state index contributed by atoms with van der Waals surface area (Å²) in [6.07, 6.45) is 7.35. The van der Waals surface area contributed by atoms with Gasteiger partial charge < -0.3 is 10.4 Å². The Balaban J connectivity index is 1.50. The first-order chi connectivity index (χ1) is 9.31. The SMILES string of the molecule is OCc1ccc(NC2C3CC4CC(C3)CC2C4)cc1. The summed E-state index contributed by atoms with van der Waals surface area (Å²) >= 11 is 0. The van der Waals surface area contributed by atoms with Gasteiger partial charge in [-0.25, -0.2) is 0 Å². The summed E-state index contributed by atoms with van der Waals surface area (Å²) in [7, 11) is 0. The third-order valence-corrected chi connectivity index (χ3v) is 5.70. The third-order valence-electron chi connectivity index (χ3n) is 5.70. The highest BCUT2D eigenvalue weighted by molar-refractivity contribution is 5.46. The van der Waals surface area contributed by atoms with Crippen LogP contribution in [0.5, 0.6) is 0 Å². The first-order valence-corrected chi connectivity index (χ1v) is 7.78. The molecular weight excluding hydrogens is 234 g/mol. The molecule has 1 aromatic rings. The summed E-state index contributed by atoms with van der Waals surface area (Å²) in [6, 6.07) is 9.00. The molecule has 4 fully saturated rings. The van der Waals surface area contributed by atoms with E-state index < -0.39 is 0 Å². The van der Waals surface area contributed by atoms with E-state index in [2.05, 4.69) is 17.4 Å². The van der Waals surface area contributed by atoms with Gasteiger partial charge in [-0.15, -0.1) is 0 Å². The Morgan fingerprint density at radius 2 is 1.47 bits per heavy atom. The van der Waals surface area contributed by atoms with Crippen molar-refractivity contribution >= 4 is 5.69 Å². The molecule has 0 heterocycles. The van der Waals surface area contributed by atoms with Gasteiger partial charge in [-0.3, -0.25) is 0 Å². The van der Waals surface area contributed by atoms with E-state index in [1.807, 2.05) is 12.1 Å². The van der Waals surface area contributed by atoms with E-state index in [-0.39, 0.29) is 6.61 Å². The lowest BCUT2D eigenvalue weighted by atomic mass is 9.54. The summed E-state index contributed by atoms with van der Waals surface area (Å²) in [5.41, 5.74) is 2.23. The molecule has 102 valence electrons. The van der Waals surface area contributed by atoms with Crippen LogP contribution in [0.15, 0.2) is 24.3 Å². The molecule has 4 bridgehead atoms. The first-order valence-electron chi connectivity index (χ1n) is 7.78. The average molecular weight is 257 g/mol. The maximum atomic E-state index is 9.09. The van der Waals surface area contributed by atoms with E-state index in [0.29, 0.717) is 6.04 Å². The first kappa shape index (κ1) is 11.8. The zero-order valence-corrected chi connectivity index (χ0v) is 11.4. The van der Waals surface area contributed by atoms with Crippen molar-refractivity contribution in [3.8, 4) is 0 Å². The Hall–Kier alpha value is -1.02. The molecule has 2 heteroatoms. The second kappa shape index (κ2) is 4.52. The summed E-state index contributed by atoms with van der Waals surface area (Å²) in [5.74, 6) is 3.90. The van der Waals surface area contributed by atoms with Crippen molar-refractivity contribution in [1.82, 2.24) is 0 Å². The van der Waals surface area contributed by atoms with E-state index >= 15 is 0 Å². The van der Waals surface area contributed by atoms with Crippen molar-refractivity contribution in [3.63, 3.8) is 0 Å². The van der Waals surface area contributed by atoms with E-state index in [1.54, 1.807) is 0 Å². The van der Waals surface area contributed by atoms with Gasteiger partial charge >= 0.3 is 0 Å². The van der Waals surface area contributed by atoms with Crippen LogP contribution >= 0.6 is 0 Å². The van der Waals surface area contributed by atoms with Crippen molar-refractivity contribution in [3.05, 3.63) is 29.8 Å². The largest absolute Gasteiger partial charge is 0.392 e. The van der Waals surface area contributed by atoms with E-state index in [0.717, 1.165) is 29.2 Å². The van der Waals surface area contributed by atoms with E-state index in [4.69, 9.17) is 5.11 Å². The smallest absolute Gasteiger partial charge is 0.0681 e. The van der Waals surface area contributed by atoms with Crippen LogP contribution in [0.25, 0.3) is 0 Å². The topological polar surface area (TPSA) is 32.3 Å². The summed E-state index contributed by atoms with van der Waals surface area (Å²) in [6.45, 7) is 0.137. The van der Waals surface area contributed by atoms with Gasteiger partial charge in [-0.2, -0.15) is 0 Å². The molecule has 4 saturated carbocycles. The molecule has 0 aromatic heterocycles. The lowest BCUT2D eigenvalue weighted by Crippen LogP contribution is -2.51. The molecule has 19 heavy (non-hydrogen) atoms. The molecule has 2 nitrogen and oxygen atoms in total. The van der Waals surface area contributed by atoms with Crippen molar-refractivity contribution in [1.29, 1.82) is 0 Å². The minimum atomic E-state index is 0.137. The highest BCUT2D eigenvalue weighted by Crippen LogP contribution is 2.54. The van der Waals surface area contributed by atoms with Crippen molar-refractivity contribution in [2.75, 3.05) is 5.32 Å². The minimum Gasteiger partial charge on any atom is -0.392 e. The maximum Gasteiger partial charge on any atom is 0.0681 e. The molecule has 0 spiro atoms. The van der Waals surface area contributed by atoms with Crippen LogP contribution < -0.4 is 5.32 Å². The third kappa shape index (κ3) is 2.06. The van der Waals surface area contributed by atoms with Crippen LogP contribution in [0.2, 0.25) is 0 Å². The fraction of sp³-hybridized carbons (Fsp3) is 0.647. The fourth-order valence-corrected chi connectivity index (χ4v) is 5.06. The molecular formula is C17H23NO. The van der Waals surface area contributed by atoms with Gasteiger partial charge in [0.25, 0.3) is 0 Å². The van der Waals surface area contributed by atoms with Crippen LogP contribution in [-0.4, -0.2) is 11.1 Å². The molecule has 0 saturated heterocycles. The van der Waals surface area contributed by atoms with Crippen molar-refractivity contribution < 1.29 is 5.11 Å². The predicted octanol–water partition coefficient (Wildman–Crippen LogP) is 3.42. The van der Waals surface area contributed by atoms with E-state index in [9.17, 15) is 0 Å². The molecule has 4 aliphatic rings. The van der Waals surface area contributed by atoms with Gasteiger partial charge in [0, 0.05) is 11.7 Å². The minimum absolute atomic E-state index is 0.137. The number of aliphatic hydroxyl groups excluding tert-OH is 1. The Morgan fingerprint density at radius 3 is 2.00 bits per heavy atom. The number of nitrogens with one attached hydrogen (secondary N) is 1. The quantitative estimate of drug-likeness (QED) is 0.869. The number of anilines is 1. The lowest BCUT2D eigenvalue weighted by Gasteiger charge is -2.54. The Kier molecular flexibility index (Phi) is 2.80. The van der Waals surface area contributed by atoms with Crippen LogP contribution in [0.1, 0.15) is 37.7 Å². The highest BCUT2D eigenvalue weighted by atomic mass is 16.3. The van der Waals surface area contributed by atoms with Crippen LogP contribution in [0.4, 0.5) is 5.69 Å². The molecule has 4 aliphatic carbocycles. The summed E-state index contributed by atoms with van der Waals surface area (Å²) in [5, 5.41) is 12.9. The van der Waals surface area contributed by atoms with Crippen molar-refractivity contribution in [2.45, 2.75) is 44.8 Å². The fourth-order valence-electron chi connectivity index (χ4n) is 5.06. The highest BCUT2D eigenvalue weighted by Gasteiger charge is 2.48. The van der Waals surface area contributed by atoms with Gasteiger partial charge in [0.1, 0.15) is 0 Å². The maximum absolute atomic E-state index is 9.09. The Morgan fingerprint density at radius 1 is 0.895 bits per heavy atom. The van der Waals surface area contributed by atoms with Crippen LogP contribution in [0.3, 0.4) is 0 Å². The van der Waals surface area contributed by atoms with Crippen LogP contribution in [0, 0.1) is 23.7 Å². The number of hydrogen-bond acceptors (Lipinski definition) is 2. The zero-order valence-electron chi connectivity index (χ0n) is 11.4. The standard InChI is InChI=1S/C17H23NO/c19-10-11-1-3-16(4-2-11)18-17-14-6-12-5-13(8-14)9-15(17)7-12/h1-4,12-15,17-19H,5-10H2. The molecule has 0 unspecified atom stereocenters. The van der Waals surface area contributed by atoms with Gasteiger partial charge in [0.15, 0.2) is 0 Å². The van der Waals surface area contributed by atoms with Gasteiger partial charge in [-0.1, -0.05) is 12.1 Å². The molecule has 1 aromatic carbocycles. The summed E-state index contributed by atoms with van der Waals surface area (Å²) < 4.78 is 0. The van der Waals surface area contributed by atoms with Gasteiger partial charge in [0.2, 0.25) is 0 Å². The molecule has 2 N–H and O–H groups in total. The molecule has 0 aliphatic heterocycles. The normalized spacial score (nSPS) is 39.5. The monoisotopic (exact) mass is 257 g/mol. The van der Waals surface area contributed by atoms with E-state index in [1.165, 1.54) is 37.8 Å². The number of aliphatic hydroxyl groups is 1. The molecule has 0 radical (unpaired) electrons.